The van der Waals surface area contributed by atoms with E-state index in [1.165, 1.54) is 12.8 Å². The number of aliphatic hydroxyl groups excluding tert-OH is 1. The number of rotatable bonds is 7. The van der Waals surface area contributed by atoms with Crippen molar-refractivity contribution < 1.29 is 9.90 Å². The highest BCUT2D eigenvalue weighted by Gasteiger charge is 2.08. The number of carbonyl (C=O) groups excluding carboxylic acids is 1. The topological polar surface area (TPSA) is 63.3 Å². The lowest BCUT2D eigenvalue weighted by molar-refractivity contribution is -0.114. The summed E-state index contributed by atoms with van der Waals surface area (Å²) in [6, 6.07) is 0. The summed E-state index contributed by atoms with van der Waals surface area (Å²) in [5.74, 6) is -0.323. The summed E-state index contributed by atoms with van der Waals surface area (Å²) >= 11 is 0. The minimum Gasteiger partial charge on any atom is -0.512 e. The third-order valence-corrected chi connectivity index (χ3v) is 2.27. The summed E-state index contributed by atoms with van der Waals surface area (Å²) in [5.41, 5.74) is 5.50. The van der Waals surface area contributed by atoms with E-state index in [9.17, 15) is 9.90 Å². The van der Waals surface area contributed by atoms with Crippen LogP contribution in [0.3, 0.4) is 0 Å². The molecule has 0 saturated heterocycles. The summed E-state index contributed by atoms with van der Waals surface area (Å²) in [6.07, 6.45) is 5.44. The third kappa shape index (κ3) is 4.90. The molecule has 0 unspecified atom stereocenters. The minimum atomic E-state index is -0.500. The number of unbranched alkanes of at least 4 members (excludes halogenated alkanes) is 3. The van der Waals surface area contributed by atoms with Gasteiger partial charge in [0.25, 0.3) is 0 Å². The lowest BCUT2D eigenvalue weighted by atomic mass is 10.1. The summed E-state index contributed by atoms with van der Waals surface area (Å²) in [4.78, 5) is 10.9. The molecule has 3 N–H and O–H groups in total. The molecule has 0 aliphatic carbocycles. The molecule has 3 heteroatoms. The Morgan fingerprint density at radius 3 is 2.29 bits per heavy atom. The largest absolute Gasteiger partial charge is 0.512 e. The van der Waals surface area contributed by atoms with Gasteiger partial charge < -0.3 is 10.8 Å². The predicted molar refractivity (Wildman–Crippen MR) is 57.9 cm³/mol. The molecule has 0 rings (SSSR count). The van der Waals surface area contributed by atoms with Gasteiger partial charge in [-0.25, -0.2) is 0 Å². The Hall–Kier alpha value is -0.990. The number of allylic oxidation sites excluding steroid dienone is 1. The van der Waals surface area contributed by atoms with E-state index in [2.05, 4.69) is 6.92 Å². The van der Waals surface area contributed by atoms with E-state index in [1.807, 2.05) is 6.92 Å². The van der Waals surface area contributed by atoms with Crippen LogP contribution < -0.4 is 5.73 Å². The van der Waals surface area contributed by atoms with Crippen molar-refractivity contribution in [1.29, 1.82) is 0 Å². The highest BCUT2D eigenvalue weighted by molar-refractivity contribution is 5.92. The SMILES string of the molecule is CCCCCCC(O)=C(CC)C(N)=O. The van der Waals surface area contributed by atoms with Crippen LogP contribution in [0.25, 0.3) is 0 Å². The summed E-state index contributed by atoms with van der Waals surface area (Å²) < 4.78 is 0. The van der Waals surface area contributed by atoms with Gasteiger partial charge in [0, 0.05) is 6.42 Å². The normalized spacial score (nSPS) is 12.4. The van der Waals surface area contributed by atoms with Gasteiger partial charge in [0.05, 0.1) is 5.57 Å². The molecule has 3 nitrogen and oxygen atoms in total. The first-order valence-electron chi connectivity index (χ1n) is 5.34. The number of nitrogens with two attached hydrogens (primary N) is 1. The van der Waals surface area contributed by atoms with Crippen LogP contribution in [0.2, 0.25) is 0 Å². The highest BCUT2D eigenvalue weighted by atomic mass is 16.3. The number of hydrogen-bond acceptors (Lipinski definition) is 2. The first kappa shape index (κ1) is 13.0. The van der Waals surface area contributed by atoms with Gasteiger partial charge in [0.1, 0.15) is 5.76 Å². The third-order valence-electron chi connectivity index (χ3n) is 2.27. The van der Waals surface area contributed by atoms with Gasteiger partial charge in [-0.2, -0.15) is 0 Å². The van der Waals surface area contributed by atoms with Crippen molar-refractivity contribution >= 4 is 5.91 Å². The van der Waals surface area contributed by atoms with E-state index in [-0.39, 0.29) is 5.76 Å². The molecule has 0 aliphatic rings. The maximum absolute atomic E-state index is 10.9. The summed E-state index contributed by atoms with van der Waals surface area (Å²) in [5, 5.41) is 9.56. The van der Waals surface area contributed by atoms with E-state index in [4.69, 9.17) is 5.73 Å². The molecule has 0 fully saturated rings. The fourth-order valence-corrected chi connectivity index (χ4v) is 1.39. The smallest absolute Gasteiger partial charge is 0.247 e. The quantitative estimate of drug-likeness (QED) is 0.376. The predicted octanol–water partition coefficient (Wildman–Crippen LogP) is 2.66. The van der Waals surface area contributed by atoms with Crippen LogP contribution in [0.5, 0.6) is 0 Å². The molecule has 0 radical (unpaired) electrons. The van der Waals surface area contributed by atoms with E-state index >= 15 is 0 Å². The van der Waals surface area contributed by atoms with Crippen LogP contribution in [0.1, 0.15) is 52.4 Å². The Labute approximate surface area is 86.0 Å². The Kier molecular flexibility index (Phi) is 6.89. The van der Waals surface area contributed by atoms with Crippen LogP contribution in [-0.2, 0) is 4.79 Å². The zero-order valence-corrected chi connectivity index (χ0v) is 9.18. The van der Waals surface area contributed by atoms with Crippen molar-refractivity contribution in [2.24, 2.45) is 5.73 Å². The molecular formula is C11H21NO2. The van der Waals surface area contributed by atoms with Gasteiger partial charge in [-0.1, -0.05) is 33.1 Å². The number of hydrogen-bond donors (Lipinski definition) is 2. The van der Waals surface area contributed by atoms with Gasteiger partial charge >= 0.3 is 0 Å². The van der Waals surface area contributed by atoms with Gasteiger partial charge in [0.2, 0.25) is 5.91 Å². The van der Waals surface area contributed by atoms with Gasteiger partial charge in [0.15, 0.2) is 0 Å². The van der Waals surface area contributed by atoms with Crippen molar-refractivity contribution in [3.8, 4) is 0 Å². The molecule has 1 amide bonds. The van der Waals surface area contributed by atoms with Gasteiger partial charge in [-0.3, -0.25) is 4.79 Å². The van der Waals surface area contributed by atoms with E-state index in [0.717, 1.165) is 12.8 Å². The zero-order valence-electron chi connectivity index (χ0n) is 9.18. The van der Waals surface area contributed by atoms with Crippen molar-refractivity contribution in [2.75, 3.05) is 0 Å². The number of amides is 1. The van der Waals surface area contributed by atoms with E-state index in [1.54, 1.807) is 0 Å². The number of aliphatic hydroxyl groups is 1. The Balaban J connectivity index is 4.00. The van der Waals surface area contributed by atoms with Gasteiger partial charge in [-0.15, -0.1) is 0 Å². The molecule has 0 aromatic heterocycles. The standard InChI is InChI=1S/C11H21NO2/c1-3-5-6-7-8-10(13)9(4-2)11(12)14/h13H,3-8H2,1-2H3,(H2,12,14). The molecule has 0 bridgehead atoms. The second-order valence-electron chi connectivity index (χ2n) is 3.45. The molecule has 0 saturated carbocycles. The lowest BCUT2D eigenvalue weighted by Crippen LogP contribution is -2.15. The lowest BCUT2D eigenvalue weighted by Gasteiger charge is -2.05. The number of primary amides is 1. The number of carbonyl (C=O) groups is 1. The van der Waals surface area contributed by atoms with Crippen molar-refractivity contribution in [2.45, 2.75) is 52.4 Å². The summed E-state index contributed by atoms with van der Waals surface area (Å²) in [7, 11) is 0. The molecule has 0 aromatic rings. The molecule has 0 aromatic carbocycles. The van der Waals surface area contributed by atoms with Gasteiger partial charge in [-0.05, 0) is 12.8 Å². The van der Waals surface area contributed by atoms with Crippen LogP contribution in [-0.4, -0.2) is 11.0 Å². The van der Waals surface area contributed by atoms with Crippen LogP contribution >= 0.6 is 0 Å². The minimum absolute atomic E-state index is 0.177. The average Bonchev–Trinajstić information content (AvgIpc) is 2.13. The second kappa shape index (κ2) is 7.42. The maximum Gasteiger partial charge on any atom is 0.247 e. The van der Waals surface area contributed by atoms with Crippen molar-refractivity contribution in [3.05, 3.63) is 11.3 Å². The van der Waals surface area contributed by atoms with Crippen LogP contribution in [0, 0.1) is 0 Å². The molecular weight excluding hydrogens is 178 g/mol. The molecule has 0 spiro atoms. The molecule has 82 valence electrons. The van der Waals surface area contributed by atoms with Crippen molar-refractivity contribution in [3.63, 3.8) is 0 Å². The maximum atomic E-state index is 10.9. The molecule has 0 atom stereocenters. The molecule has 0 aliphatic heterocycles. The fourth-order valence-electron chi connectivity index (χ4n) is 1.39. The molecule has 0 heterocycles. The first-order valence-corrected chi connectivity index (χ1v) is 5.34. The average molecular weight is 199 g/mol. The fraction of sp³-hybridized carbons (Fsp3) is 0.727. The van der Waals surface area contributed by atoms with Crippen LogP contribution in [0.4, 0.5) is 0 Å². The Morgan fingerprint density at radius 2 is 1.86 bits per heavy atom. The van der Waals surface area contributed by atoms with Crippen molar-refractivity contribution in [1.82, 2.24) is 0 Å². The Bertz CT molecular complexity index is 209. The van der Waals surface area contributed by atoms with E-state index < -0.39 is 5.91 Å². The van der Waals surface area contributed by atoms with E-state index in [0.29, 0.717) is 18.4 Å². The summed E-state index contributed by atoms with van der Waals surface area (Å²) in [6.45, 7) is 3.96. The monoisotopic (exact) mass is 199 g/mol. The molecule has 14 heavy (non-hydrogen) atoms. The second-order valence-corrected chi connectivity index (χ2v) is 3.45. The van der Waals surface area contributed by atoms with Crippen LogP contribution in [0.15, 0.2) is 11.3 Å². The highest BCUT2D eigenvalue weighted by Crippen LogP contribution is 2.13. The Morgan fingerprint density at radius 1 is 1.21 bits per heavy atom. The first-order chi connectivity index (χ1) is 6.63. The zero-order chi connectivity index (χ0) is 11.0.